The van der Waals surface area contributed by atoms with Crippen LogP contribution in [-0.2, 0) is 11.2 Å². The van der Waals surface area contributed by atoms with Crippen LogP contribution in [0.15, 0.2) is 28.7 Å². The zero-order valence-electron chi connectivity index (χ0n) is 11.9. The van der Waals surface area contributed by atoms with Crippen LogP contribution in [0.5, 0.6) is 0 Å². The van der Waals surface area contributed by atoms with E-state index < -0.39 is 0 Å². The molecule has 1 aliphatic rings. The molecule has 0 aromatic heterocycles. The van der Waals surface area contributed by atoms with Gasteiger partial charge in [0.2, 0.25) is 5.91 Å². The molecule has 0 radical (unpaired) electrons. The standard InChI is InChI=1S/C16H22BrNO2/c1-2-13(10-12-4-3-5-14(17)11-12)16(20)18-8-6-15(19)7-9-18/h3-5,11,13,15,19H,2,6-10H2,1H3. The quantitative estimate of drug-likeness (QED) is 0.915. The van der Waals surface area contributed by atoms with Crippen LogP contribution in [-0.4, -0.2) is 35.1 Å². The van der Waals surface area contributed by atoms with E-state index >= 15 is 0 Å². The topological polar surface area (TPSA) is 40.5 Å². The van der Waals surface area contributed by atoms with Crippen LogP contribution >= 0.6 is 15.9 Å². The summed E-state index contributed by atoms with van der Waals surface area (Å²) in [5.41, 5.74) is 1.19. The largest absolute Gasteiger partial charge is 0.393 e. The second kappa shape index (κ2) is 7.23. The van der Waals surface area contributed by atoms with Crippen molar-refractivity contribution in [3.8, 4) is 0 Å². The number of piperidine rings is 1. The molecule has 0 aliphatic carbocycles. The van der Waals surface area contributed by atoms with Crippen molar-refractivity contribution < 1.29 is 9.90 Å². The molecule has 1 aromatic carbocycles. The molecule has 20 heavy (non-hydrogen) atoms. The Morgan fingerprint density at radius 2 is 2.15 bits per heavy atom. The highest BCUT2D eigenvalue weighted by Gasteiger charge is 2.26. The molecule has 1 heterocycles. The Hall–Kier alpha value is -0.870. The van der Waals surface area contributed by atoms with E-state index in [2.05, 4.69) is 35.0 Å². The summed E-state index contributed by atoms with van der Waals surface area (Å²) in [5, 5.41) is 9.53. The Labute approximate surface area is 129 Å². The molecule has 4 heteroatoms. The SMILES string of the molecule is CCC(Cc1cccc(Br)c1)C(=O)N1CCC(O)CC1. The van der Waals surface area contributed by atoms with Gasteiger partial charge in [0.25, 0.3) is 0 Å². The summed E-state index contributed by atoms with van der Waals surface area (Å²) >= 11 is 3.47. The van der Waals surface area contributed by atoms with E-state index in [9.17, 15) is 9.90 Å². The van der Waals surface area contributed by atoms with Gasteiger partial charge in [-0.1, -0.05) is 35.0 Å². The number of carbonyl (C=O) groups is 1. The molecule has 1 saturated heterocycles. The molecular weight excluding hydrogens is 318 g/mol. The molecule has 1 unspecified atom stereocenters. The summed E-state index contributed by atoms with van der Waals surface area (Å²) in [4.78, 5) is 14.5. The van der Waals surface area contributed by atoms with E-state index in [0.29, 0.717) is 25.9 Å². The molecule has 1 aliphatic heterocycles. The number of hydrogen-bond donors (Lipinski definition) is 1. The van der Waals surface area contributed by atoms with E-state index in [1.54, 1.807) is 0 Å². The van der Waals surface area contributed by atoms with E-state index in [-0.39, 0.29) is 17.9 Å². The molecule has 0 saturated carbocycles. The lowest BCUT2D eigenvalue weighted by Crippen LogP contribution is -2.43. The maximum atomic E-state index is 12.6. The van der Waals surface area contributed by atoms with E-state index in [0.717, 1.165) is 17.3 Å². The molecule has 1 amide bonds. The third kappa shape index (κ3) is 4.06. The van der Waals surface area contributed by atoms with Crippen LogP contribution in [0.1, 0.15) is 31.7 Å². The van der Waals surface area contributed by atoms with Crippen molar-refractivity contribution in [1.29, 1.82) is 0 Å². The molecule has 1 aromatic rings. The lowest BCUT2D eigenvalue weighted by atomic mass is 9.94. The second-order valence-corrected chi connectivity index (χ2v) is 6.41. The lowest BCUT2D eigenvalue weighted by molar-refractivity contribution is -0.137. The van der Waals surface area contributed by atoms with Gasteiger partial charge in [-0.2, -0.15) is 0 Å². The average Bonchev–Trinajstić information content (AvgIpc) is 2.45. The Balaban J connectivity index is 1.99. The Kier molecular flexibility index (Phi) is 5.61. The van der Waals surface area contributed by atoms with Crippen LogP contribution in [0.4, 0.5) is 0 Å². The van der Waals surface area contributed by atoms with Crippen molar-refractivity contribution in [3.05, 3.63) is 34.3 Å². The van der Waals surface area contributed by atoms with Gasteiger partial charge < -0.3 is 10.0 Å². The molecule has 0 spiro atoms. The van der Waals surface area contributed by atoms with Crippen molar-refractivity contribution in [3.63, 3.8) is 0 Å². The second-order valence-electron chi connectivity index (χ2n) is 5.50. The number of rotatable bonds is 4. The number of benzene rings is 1. The van der Waals surface area contributed by atoms with Gasteiger partial charge in [0, 0.05) is 23.5 Å². The number of carbonyl (C=O) groups excluding carboxylic acids is 1. The molecule has 110 valence electrons. The third-order valence-electron chi connectivity index (χ3n) is 3.99. The first-order chi connectivity index (χ1) is 9.60. The normalized spacial score (nSPS) is 18.1. The number of halogens is 1. The summed E-state index contributed by atoms with van der Waals surface area (Å²) < 4.78 is 1.05. The van der Waals surface area contributed by atoms with Crippen LogP contribution in [0.2, 0.25) is 0 Å². The molecule has 2 rings (SSSR count). The molecule has 0 bridgehead atoms. The highest BCUT2D eigenvalue weighted by molar-refractivity contribution is 9.10. The van der Waals surface area contributed by atoms with Gasteiger partial charge in [-0.3, -0.25) is 4.79 Å². The van der Waals surface area contributed by atoms with Gasteiger partial charge in [0.15, 0.2) is 0 Å². The van der Waals surface area contributed by atoms with Crippen LogP contribution in [0.3, 0.4) is 0 Å². The van der Waals surface area contributed by atoms with Crippen molar-refractivity contribution in [2.45, 2.75) is 38.7 Å². The molecule has 1 N–H and O–H groups in total. The number of aliphatic hydroxyl groups excluding tert-OH is 1. The predicted molar refractivity (Wildman–Crippen MR) is 83.4 cm³/mol. The molecular formula is C16H22BrNO2. The fourth-order valence-corrected chi connectivity index (χ4v) is 3.15. The highest BCUT2D eigenvalue weighted by Crippen LogP contribution is 2.20. The number of hydrogen-bond acceptors (Lipinski definition) is 2. The number of nitrogens with zero attached hydrogens (tertiary/aromatic N) is 1. The lowest BCUT2D eigenvalue weighted by Gasteiger charge is -2.32. The minimum Gasteiger partial charge on any atom is -0.393 e. The van der Waals surface area contributed by atoms with Crippen molar-refractivity contribution in [2.24, 2.45) is 5.92 Å². The monoisotopic (exact) mass is 339 g/mol. The first kappa shape index (κ1) is 15.5. The van der Waals surface area contributed by atoms with Crippen molar-refractivity contribution >= 4 is 21.8 Å². The smallest absolute Gasteiger partial charge is 0.226 e. The summed E-state index contributed by atoms with van der Waals surface area (Å²) in [6, 6.07) is 8.16. The Bertz CT molecular complexity index is 456. The van der Waals surface area contributed by atoms with Crippen LogP contribution in [0, 0.1) is 5.92 Å². The zero-order chi connectivity index (χ0) is 14.5. The molecule has 3 nitrogen and oxygen atoms in total. The van der Waals surface area contributed by atoms with Crippen molar-refractivity contribution in [2.75, 3.05) is 13.1 Å². The van der Waals surface area contributed by atoms with Crippen LogP contribution < -0.4 is 0 Å². The first-order valence-electron chi connectivity index (χ1n) is 7.31. The number of aliphatic hydroxyl groups is 1. The third-order valence-corrected chi connectivity index (χ3v) is 4.48. The molecule has 1 fully saturated rings. The summed E-state index contributed by atoms with van der Waals surface area (Å²) in [6.45, 7) is 3.45. The zero-order valence-corrected chi connectivity index (χ0v) is 13.5. The summed E-state index contributed by atoms with van der Waals surface area (Å²) in [7, 11) is 0. The first-order valence-corrected chi connectivity index (χ1v) is 8.10. The van der Waals surface area contributed by atoms with Gasteiger partial charge in [0.05, 0.1) is 6.10 Å². The maximum absolute atomic E-state index is 12.6. The Morgan fingerprint density at radius 3 is 2.75 bits per heavy atom. The van der Waals surface area contributed by atoms with Crippen LogP contribution in [0.25, 0.3) is 0 Å². The van der Waals surface area contributed by atoms with Gasteiger partial charge in [-0.15, -0.1) is 0 Å². The fraction of sp³-hybridized carbons (Fsp3) is 0.562. The van der Waals surface area contributed by atoms with E-state index in [1.807, 2.05) is 17.0 Å². The fourth-order valence-electron chi connectivity index (χ4n) is 2.70. The van der Waals surface area contributed by atoms with E-state index in [1.165, 1.54) is 5.56 Å². The minimum atomic E-state index is -0.232. The van der Waals surface area contributed by atoms with Gasteiger partial charge in [-0.05, 0) is 43.4 Å². The van der Waals surface area contributed by atoms with Gasteiger partial charge in [-0.25, -0.2) is 0 Å². The number of likely N-dealkylation sites (tertiary alicyclic amines) is 1. The summed E-state index contributed by atoms with van der Waals surface area (Å²) in [5.74, 6) is 0.277. The maximum Gasteiger partial charge on any atom is 0.226 e. The average molecular weight is 340 g/mol. The van der Waals surface area contributed by atoms with Crippen molar-refractivity contribution in [1.82, 2.24) is 4.90 Å². The Morgan fingerprint density at radius 1 is 1.45 bits per heavy atom. The highest BCUT2D eigenvalue weighted by atomic mass is 79.9. The summed E-state index contributed by atoms with van der Waals surface area (Å²) in [6.07, 6.45) is 2.82. The number of amides is 1. The van der Waals surface area contributed by atoms with Gasteiger partial charge in [0.1, 0.15) is 0 Å². The molecule has 1 atom stereocenters. The minimum absolute atomic E-state index is 0.0412. The predicted octanol–water partition coefficient (Wildman–Crippen LogP) is 3.00. The van der Waals surface area contributed by atoms with E-state index in [4.69, 9.17) is 0 Å². The van der Waals surface area contributed by atoms with Gasteiger partial charge >= 0.3 is 0 Å².